The van der Waals surface area contributed by atoms with Crippen LogP contribution >= 0.6 is 0 Å². The smallest absolute Gasteiger partial charge is 0.422 e. The molecule has 3 fully saturated rings. The van der Waals surface area contributed by atoms with Crippen molar-refractivity contribution >= 4 is 17.6 Å². The molecular weight excluding hydrogens is 608 g/mol. The number of hydrogen-bond donors (Lipinski definition) is 0. The summed E-state index contributed by atoms with van der Waals surface area (Å²) in [5.74, 6) is -0.323. The first-order valence-electron chi connectivity index (χ1n) is 16.2. The largest absolute Gasteiger partial charge is 0.457 e. The molecule has 2 aromatic carbocycles. The summed E-state index contributed by atoms with van der Waals surface area (Å²) in [7, 11) is 0. The second-order valence-electron chi connectivity index (χ2n) is 12.9. The Morgan fingerprint density at radius 2 is 1.74 bits per heavy atom. The fourth-order valence-corrected chi connectivity index (χ4v) is 6.98. The van der Waals surface area contributed by atoms with Gasteiger partial charge in [-0.2, -0.15) is 23.4 Å². The summed E-state index contributed by atoms with van der Waals surface area (Å²) in [6.45, 7) is 3.91. The molecule has 47 heavy (non-hydrogen) atoms. The number of ether oxygens (including phenoxy) is 1. The molecule has 0 atom stereocenters. The van der Waals surface area contributed by atoms with E-state index in [0.29, 0.717) is 24.3 Å². The van der Waals surface area contributed by atoms with Crippen LogP contribution in [0.3, 0.4) is 0 Å². The normalized spacial score (nSPS) is 18.8. The molecule has 7 rings (SSSR count). The standard InChI is InChI=1S/C36H36F4N6O/c37-29(34-41-16-12-30(44-34)27-11-17-42-43-22-27)21-26-9-10-31(47-28-5-2-1-3-6-28)32(36(38,39)40)33(26)46-18-4-13-35(24-46)14-19-45(20-15-35)23-25-7-8-25/h1-3,5-6,9-12,16-17,21-22,25H,4,7-8,13-15,18-20,23-24H2/b29-21-. The van der Waals surface area contributed by atoms with Gasteiger partial charge in [0.1, 0.15) is 17.1 Å². The van der Waals surface area contributed by atoms with Crippen LogP contribution in [0.25, 0.3) is 23.2 Å². The zero-order valence-corrected chi connectivity index (χ0v) is 26.0. The van der Waals surface area contributed by atoms with Gasteiger partial charge in [-0.3, -0.25) is 0 Å². The van der Waals surface area contributed by atoms with Crippen LogP contribution in [0.4, 0.5) is 23.2 Å². The Morgan fingerprint density at radius 1 is 0.936 bits per heavy atom. The average molecular weight is 645 g/mol. The quantitative estimate of drug-likeness (QED) is 0.179. The average Bonchev–Trinajstić information content (AvgIpc) is 3.91. The SMILES string of the molecule is F/C(=C\c1ccc(Oc2ccccc2)c(C(F)(F)F)c1N1CCCC2(CCN(CC3CC3)CC2)C1)c1nccc(-c2ccnnc2)n1. The summed E-state index contributed by atoms with van der Waals surface area (Å²) in [6, 6.07) is 14.5. The summed E-state index contributed by atoms with van der Waals surface area (Å²) in [5.41, 5.74) is 0.0345. The fourth-order valence-electron chi connectivity index (χ4n) is 6.98. The van der Waals surface area contributed by atoms with Crippen molar-refractivity contribution in [1.29, 1.82) is 0 Å². The van der Waals surface area contributed by atoms with Gasteiger partial charge in [0.05, 0.1) is 23.8 Å². The number of benzene rings is 2. The first-order chi connectivity index (χ1) is 22.8. The maximum atomic E-state index is 16.0. The predicted molar refractivity (Wildman–Crippen MR) is 172 cm³/mol. The van der Waals surface area contributed by atoms with Crippen molar-refractivity contribution in [1.82, 2.24) is 25.1 Å². The third kappa shape index (κ3) is 7.15. The minimum Gasteiger partial charge on any atom is -0.457 e. The number of hydrogen-bond acceptors (Lipinski definition) is 7. The van der Waals surface area contributed by atoms with Crippen LogP contribution in [-0.4, -0.2) is 57.8 Å². The molecule has 0 N–H and O–H groups in total. The van der Waals surface area contributed by atoms with Crippen LogP contribution in [0.1, 0.15) is 55.5 Å². The Morgan fingerprint density at radius 3 is 2.47 bits per heavy atom. The second kappa shape index (κ2) is 13.0. The summed E-state index contributed by atoms with van der Waals surface area (Å²) >= 11 is 0. The topological polar surface area (TPSA) is 67.3 Å². The number of para-hydroxylation sites is 1. The number of rotatable bonds is 8. The Hall–Kier alpha value is -4.38. The van der Waals surface area contributed by atoms with E-state index in [2.05, 4.69) is 25.1 Å². The molecule has 244 valence electrons. The third-order valence-electron chi connectivity index (χ3n) is 9.56. The fraction of sp³-hybridized carbons (Fsp3) is 0.389. The molecule has 0 radical (unpaired) electrons. The molecule has 2 saturated heterocycles. The van der Waals surface area contributed by atoms with E-state index in [4.69, 9.17) is 4.74 Å². The van der Waals surface area contributed by atoms with Gasteiger partial charge < -0.3 is 14.5 Å². The zero-order chi connectivity index (χ0) is 32.4. The molecule has 7 nitrogen and oxygen atoms in total. The molecule has 4 aromatic rings. The first kappa shape index (κ1) is 31.2. The molecule has 11 heteroatoms. The lowest BCUT2D eigenvalue weighted by molar-refractivity contribution is -0.138. The number of aromatic nitrogens is 4. The van der Waals surface area contributed by atoms with Gasteiger partial charge in [0.15, 0.2) is 11.7 Å². The second-order valence-corrected chi connectivity index (χ2v) is 12.9. The van der Waals surface area contributed by atoms with Crippen molar-refractivity contribution in [3.63, 3.8) is 0 Å². The Balaban J connectivity index is 1.28. The highest BCUT2D eigenvalue weighted by Crippen LogP contribution is 2.50. The van der Waals surface area contributed by atoms with E-state index in [9.17, 15) is 0 Å². The van der Waals surface area contributed by atoms with E-state index < -0.39 is 17.6 Å². The van der Waals surface area contributed by atoms with Gasteiger partial charge in [-0.15, -0.1) is 0 Å². The molecular formula is C36H36F4N6O. The minimum atomic E-state index is -4.78. The number of alkyl halides is 3. The van der Waals surface area contributed by atoms with Crippen molar-refractivity contribution < 1.29 is 22.3 Å². The third-order valence-corrected chi connectivity index (χ3v) is 9.56. The van der Waals surface area contributed by atoms with Gasteiger partial charge in [0, 0.05) is 37.0 Å². The number of nitrogens with zero attached hydrogens (tertiary/aromatic N) is 6. The first-order valence-corrected chi connectivity index (χ1v) is 16.2. The van der Waals surface area contributed by atoms with Crippen LogP contribution in [0.15, 0.2) is 73.2 Å². The summed E-state index contributed by atoms with van der Waals surface area (Å²) < 4.78 is 67.5. The molecule has 4 heterocycles. The zero-order valence-electron chi connectivity index (χ0n) is 26.0. The van der Waals surface area contributed by atoms with Crippen molar-refractivity contribution in [2.75, 3.05) is 37.6 Å². The van der Waals surface area contributed by atoms with Gasteiger partial charge in [-0.1, -0.05) is 18.2 Å². The number of piperidine rings is 2. The lowest BCUT2D eigenvalue weighted by Crippen LogP contribution is -2.50. The number of likely N-dealkylation sites (tertiary alicyclic amines) is 1. The van der Waals surface area contributed by atoms with Crippen molar-refractivity contribution in [3.8, 4) is 22.8 Å². The summed E-state index contributed by atoms with van der Waals surface area (Å²) in [6.07, 6.45) is 6.90. The van der Waals surface area contributed by atoms with Crippen LogP contribution in [0.2, 0.25) is 0 Å². The van der Waals surface area contributed by atoms with E-state index in [-0.39, 0.29) is 34.0 Å². The summed E-state index contributed by atoms with van der Waals surface area (Å²) in [5, 5.41) is 7.61. The summed E-state index contributed by atoms with van der Waals surface area (Å²) in [4.78, 5) is 12.8. The van der Waals surface area contributed by atoms with Crippen molar-refractivity contribution in [3.05, 3.63) is 90.1 Å². The van der Waals surface area contributed by atoms with Gasteiger partial charge >= 0.3 is 6.18 Å². The number of anilines is 1. The van der Waals surface area contributed by atoms with Gasteiger partial charge in [-0.05, 0) is 105 Å². The van der Waals surface area contributed by atoms with Crippen LogP contribution in [0, 0.1) is 11.3 Å². The lowest BCUT2D eigenvalue weighted by atomic mass is 9.72. The molecule has 2 aromatic heterocycles. The van der Waals surface area contributed by atoms with E-state index in [1.165, 1.54) is 43.6 Å². The maximum Gasteiger partial charge on any atom is 0.422 e. The molecule has 1 aliphatic carbocycles. The highest BCUT2D eigenvalue weighted by Gasteiger charge is 2.44. The maximum absolute atomic E-state index is 16.0. The molecule has 0 bridgehead atoms. The van der Waals surface area contributed by atoms with Crippen LogP contribution in [0.5, 0.6) is 11.5 Å². The van der Waals surface area contributed by atoms with Gasteiger partial charge in [-0.25, -0.2) is 14.4 Å². The van der Waals surface area contributed by atoms with Gasteiger partial charge in [0.25, 0.3) is 0 Å². The molecule has 3 aliphatic rings. The van der Waals surface area contributed by atoms with E-state index >= 15 is 17.6 Å². The molecule has 0 amide bonds. The van der Waals surface area contributed by atoms with E-state index in [1.807, 2.05) is 4.90 Å². The highest BCUT2D eigenvalue weighted by atomic mass is 19.4. The molecule has 1 spiro atoms. The number of halogens is 4. The van der Waals surface area contributed by atoms with Crippen LogP contribution < -0.4 is 9.64 Å². The predicted octanol–water partition coefficient (Wildman–Crippen LogP) is 8.30. The Kier molecular flexibility index (Phi) is 8.65. The minimum absolute atomic E-state index is 0.0740. The molecule has 0 unspecified atom stereocenters. The van der Waals surface area contributed by atoms with Crippen molar-refractivity contribution in [2.24, 2.45) is 11.3 Å². The Bertz CT molecular complexity index is 1720. The van der Waals surface area contributed by atoms with Crippen LogP contribution in [-0.2, 0) is 6.18 Å². The van der Waals surface area contributed by atoms with E-state index in [1.54, 1.807) is 42.5 Å². The van der Waals surface area contributed by atoms with E-state index in [0.717, 1.165) is 57.3 Å². The van der Waals surface area contributed by atoms with Crippen molar-refractivity contribution in [2.45, 2.75) is 44.7 Å². The monoisotopic (exact) mass is 644 g/mol. The molecule has 2 aliphatic heterocycles. The highest BCUT2D eigenvalue weighted by molar-refractivity contribution is 5.83. The molecule has 1 saturated carbocycles. The Labute approximate surface area is 271 Å². The van der Waals surface area contributed by atoms with Gasteiger partial charge in [0.2, 0.25) is 0 Å². The lowest BCUT2D eigenvalue weighted by Gasteiger charge is -2.49.